The number of hydrogen-bond donors (Lipinski definition) is 0. The molecule has 2 aromatic rings. The third-order valence-electron chi connectivity index (χ3n) is 4.95. The third-order valence-corrected chi connectivity index (χ3v) is 7.53. The van der Waals surface area contributed by atoms with Gasteiger partial charge >= 0.3 is 6.18 Å². The lowest BCUT2D eigenvalue weighted by atomic mass is 9.98. The monoisotopic (exact) mass is 427 g/mol. The first-order valence-electron chi connectivity index (χ1n) is 9.00. The Bertz CT molecular complexity index is 1020. The molecule has 0 aliphatic rings. The number of benzene rings is 1. The van der Waals surface area contributed by atoms with Crippen molar-refractivity contribution in [3.8, 4) is 0 Å². The molecule has 0 aliphatic carbocycles. The molecular weight excluding hydrogens is 403 g/mol. The fourth-order valence-electron chi connectivity index (χ4n) is 2.70. The fraction of sp³-hybridized carbons (Fsp3) is 0.429. The maximum absolute atomic E-state index is 13.0. The van der Waals surface area contributed by atoms with Crippen LogP contribution in [0.3, 0.4) is 0 Å². The minimum absolute atomic E-state index is 0.0537. The molecule has 1 aromatic heterocycles. The number of alkyl halides is 3. The molecule has 0 aliphatic heterocycles. The van der Waals surface area contributed by atoms with Gasteiger partial charge in [0.05, 0.1) is 28.2 Å². The Labute approximate surface area is 169 Å². The molecule has 0 atom stereocenters. The van der Waals surface area contributed by atoms with Gasteiger partial charge in [-0.25, -0.2) is 8.42 Å². The molecule has 0 bridgehead atoms. The van der Waals surface area contributed by atoms with Gasteiger partial charge in [-0.2, -0.15) is 13.2 Å². The van der Waals surface area contributed by atoms with Crippen LogP contribution in [0.1, 0.15) is 59.1 Å². The van der Waals surface area contributed by atoms with Gasteiger partial charge in [0.25, 0.3) is 0 Å². The Hall–Kier alpha value is -2.22. The molecule has 0 radical (unpaired) electrons. The number of rotatable bonds is 5. The summed E-state index contributed by atoms with van der Waals surface area (Å²) in [4.78, 5) is 16.4. The van der Waals surface area contributed by atoms with Crippen LogP contribution in [0.15, 0.2) is 30.5 Å². The number of carbonyl (C=O) groups is 1. The highest BCUT2D eigenvalue weighted by molar-refractivity contribution is 7.91. The quantitative estimate of drug-likeness (QED) is 0.640. The zero-order chi connectivity index (χ0) is 22.2. The summed E-state index contributed by atoms with van der Waals surface area (Å²) in [6.45, 7) is 7.75. The number of halogens is 3. The van der Waals surface area contributed by atoms with Crippen LogP contribution in [-0.4, -0.2) is 23.9 Å². The average Bonchev–Trinajstić information content (AvgIpc) is 2.57. The van der Waals surface area contributed by atoms with E-state index < -0.39 is 26.3 Å². The van der Waals surface area contributed by atoms with E-state index in [2.05, 4.69) is 4.98 Å². The van der Waals surface area contributed by atoms with Crippen LogP contribution < -0.4 is 0 Å². The van der Waals surface area contributed by atoms with E-state index in [0.29, 0.717) is 22.4 Å². The number of sulfone groups is 1. The van der Waals surface area contributed by atoms with Crippen molar-refractivity contribution in [2.24, 2.45) is 0 Å². The standard InChI is InChI=1S/C21H24F3NO3S/c1-13-14(2)18(25-11-17(13)21(22,23)24)10-19(26)16-8-6-15(7-9-16)12-29(27,28)20(3,4)5/h6-9,11H,10,12H2,1-5H3. The summed E-state index contributed by atoms with van der Waals surface area (Å²) >= 11 is 0. The van der Waals surface area contributed by atoms with E-state index in [4.69, 9.17) is 0 Å². The number of carbonyl (C=O) groups excluding carboxylic acids is 1. The summed E-state index contributed by atoms with van der Waals surface area (Å²) in [6.07, 6.45) is -3.87. The van der Waals surface area contributed by atoms with Crippen molar-refractivity contribution in [2.75, 3.05) is 0 Å². The van der Waals surface area contributed by atoms with Crippen LogP contribution in [0.2, 0.25) is 0 Å². The molecule has 0 spiro atoms. The Balaban J connectivity index is 2.20. The predicted molar refractivity (Wildman–Crippen MR) is 106 cm³/mol. The van der Waals surface area contributed by atoms with E-state index in [9.17, 15) is 26.4 Å². The zero-order valence-electron chi connectivity index (χ0n) is 17.0. The van der Waals surface area contributed by atoms with E-state index >= 15 is 0 Å². The Morgan fingerprint density at radius 1 is 1.00 bits per heavy atom. The zero-order valence-corrected chi connectivity index (χ0v) is 17.8. The van der Waals surface area contributed by atoms with Gasteiger partial charge in [-0.3, -0.25) is 9.78 Å². The van der Waals surface area contributed by atoms with Crippen LogP contribution in [0.4, 0.5) is 13.2 Å². The molecule has 0 fully saturated rings. The molecule has 4 nitrogen and oxygen atoms in total. The van der Waals surface area contributed by atoms with E-state index in [-0.39, 0.29) is 23.5 Å². The van der Waals surface area contributed by atoms with Crippen LogP contribution >= 0.6 is 0 Å². The van der Waals surface area contributed by atoms with E-state index in [0.717, 1.165) is 6.20 Å². The van der Waals surface area contributed by atoms with E-state index in [1.807, 2.05) is 0 Å². The van der Waals surface area contributed by atoms with Crippen LogP contribution in [0.5, 0.6) is 0 Å². The van der Waals surface area contributed by atoms with Crippen molar-refractivity contribution in [1.82, 2.24) is 4.98 Å². The third kappa shape index (κ3) is 5.23. The normalized spacial score (nSPS) is 12.8. The molecule has 158 valence electrons. The highest BCUT2D eigenvalue weighted by atomic mass is 32.2. The molecule has 0 amide bonds. The SMILES string of the molecule is Cc1c(C(F)(F)F)cnc(CC(=O)c2ccc(CS(=O)(=O)C(C)(C)C)cc2)c1C. The summed E-state index contributed by atoms with van der Waals surface area (Å²) < 4.78 is 62.6. The van der Waals surface area contributed by atoms with Gasteiger partial charge in [-0.1, -0.05) is 24.3 Å². The predicted octanol–water partition coefficient (Wildman–Crippen LogP) is 4.86. The van der Waals surface area contributed by atoms with Crippen molar-refractivity contribution < 1.29 is 26.4 Å². The van der Waals surface area contributed by atoms with Gasteiger partial charge in [0.2, 0.25) is 0 Å². The maximum Gasteiger partial charge on any atom is 0.418 e. The second-order valence-corrected chi connectivity index (χ2v) is 10.8. The van der Waals surface area contributed by atoms with Crippen molar-refractivity contribution in [3.63, 3.8) is 0 Å². The second kappa shape index (κ2) is 7.89. The molecule has 0 saturated carbocycles. The van der Waals surface area contributed by atoms with Crippen LogP contribution in [-0.2, 0) is 28.2 Å². The molecule has 1 aromatic carbocycles. The molecule has 0 N–H and O–H groups in total. The number of aromatic nitrogens is 1. The minimum atomic E-state index is -4.49. The van der Waals surface area contributed by atoms with Gasteiger partial charge in [0.1, 0.15) is 0 Å². The van der Waals surface area contributed by atoms with E-state index in [1.165, 1.54) is 26.0 Å². The fourth-order valence-corrected chi connectivity index (χ4v) is 3.76. The highest BCUT2D eigenvalue weighted by Gasteiger charge is 2.34. The molecule has 1 heterocycles. The molecule has 29 heavy (non-hydrogen) atoms. The Morgan fingerprint density at radius 2 is 1.55 bits per heavy atom. The summed E-state index contributed by atoms with van der Waals surface area (Å²) in [5.41, 5.74) is 0.784. The van der Waals surface area contributed by atoms with Gasteiger partial charge in [-0.15, -0.1) is 0 Å². The lowest BCUT2D eigenvalue weighted by Gasteiger charge is -2.19. The lowest BCUT2D eigenvalue weighted by Crippen LogP contribution is -2.29. The number of pyridine rings is 1. The number of Topliss-reactive ketones (excluding diaryl/α,β-unsaturated/α-hetero) is 1. The smallest absolute Gasteiger partial charge is 0.294 e. The van der Waals surface area contributed by atoms with Gasteiger partial charge < -0.3 is 0 Å². The van der Waals surface area contributed by atoms with Crippen molar-refractivity contribution in [1.29, 1.82) is 0 Å². The van der Waals surface area contributed by atoms with Crippen LogP contribution in [0, 0.1) is 13.8 Å². The van der Waals surface area contributed by atoms with Crippen LogP contribution in [0.25, 0.3) is 0 Å². The van der Waals surface area contributed by atoms with Gasteiger partial charge in [-0.05, 0) is 51.3 Å². The van der Waals surface area contributed by atoms with Gasteiger partial charge in [0, 0.05) is 11.8 Å². The first-order chi connectivity index (χ1) is 13.1. The molecule has 8 heteroatoms. The van der Waals surface area contributed by atoms with E-state index in [1.54, 1.807) is 32.9 Å². The number of nitrogens with zero attached hydrogens (tertiary/aromatic N) is 1. The summed E-state index contributed by atoms with van der Waals surface area (Å²) in [6, 6.07) is 6.22. The number of ketones is 1. The largest absolute Gasteiger partial charge is 0.418 e. The van der Waals surface area contributed by atoms with Crippen molar-refractivity contribution in [2.45, 2.75) is 57.7 Å². The molecular formula is C21H24F3NO3S. The number of hydrogen-bond acceptors (Lipinski definition) is 4. The topological polar surface area (TPSA) is 64.1 Å². The average molecular weight is 427 g/mol. The second-order valence-electron chi connectivity index (χ2n) is 8.03. The molecule has 0 unspecified atom stereocenters. The Morgan fingerprint density at radius 3 is 2.03 bits per heavy atom. The first kappa shape index (κ1) is 23.1. The summed E-state index contributed by atoms with van der Waals surface area (Å²) in [7, 11) is -3.35. The first-order valence-corrected chi connectivity index (χ1v) is 10.7. The van der Waals surface area contributed by atoms with Crippen molar-refractivity contribution in [3.05, 3.63) is 64.0 Å². The lowest BCUT2D eigenvalue weighted by molar-refractivity contribution is -0.138. The Kier molecular flexibility index (Phi) is 6.28. The summed E-state index contributed by atoms with van der Waals surface area (Å²) in [5, 5.41) is 0. The minimum Gasteiger partial charge on any atom is -0.294 e. The van der Waals surface area contributed by atoms with Gasteiger partial charge in [0.15, 0.2) is 15.6 Å². The van der Waals surface area contributed by atoms with Crippen molar-refractivity contribution >= 4 is 15.6 Å². The molecule has 0 saturated heterocycles. The highest BCUT2D eigenvalue weighted by Crippen LogP contribution is 2.33. The molecule has 2 rings (SSSR count). The summed E-state index contributed by atoms with van der Waals surface area (Å²) in [5.74, 6) is -0.436. The maximum atomic E-state index is 13.0.